The lowest BCUT2D eigenvalue weighted by Crippen LogP contribution is -2.49. The van der Waals surface area contributed by atoms with Crippen molar-refractivity contribution < 1.29 is 9.90 Å². The van der Waals surface area contributed by atoms with Gasteiger partial charge in [0, 0.05) is 46.3 Å². The van der Waals surface area contributed by atoms with Crippen LogP contribution in [0.3, 0.4) is 0 Å². The number of nitrogens with zero attached hydrogens (tertiary/aromatic N) is 3. The van der Waals surface area contributed by atoms with Gasteiger partial charge in [0.05, 0.1) is 12.1 Å². The Morgan fingerprint density at radius 3 is 2.44 bits per heavy atom. The number of aliphatic hydroxyl groups is 1. The predicted molar refractivity (Wildman–Crippen MR) is 101 cm³/mol. The lowest BCUT2D eigenvalue weighted by molar-refractivity contribution is 0.0656. The Labute approximate surface area is 151 Å². The van der Waals surface area contributed by atoms with E-state index >= 15 is 0 Å². The number of aryl methyl sites for hydroxylation is 1. The molecule has 1 aliphatic heterocycles. The van der Waals surface area contributed by atoms with E-state index in [0.29, 0.717) is 13.1 Å². The van der Waals surface area contributed by atoms with E-state index in [-0.39, 0.29) is 12.1 Å². The Hall–Kier alpha value is -1.63. The third-order valence-corrected chi connectivity index (χ3v) is 4.81. The van der Waals surface area contributed by atoms with Gasteiger partial charge >= 0.3 is 6.03 Å². The number of aliphatic hydroxyl groups excluding tert-OH is 1. The van der Waals surface area contributed by atoms with Gasteiger partial charge in [0.25, 0.3) is 0 Å². The number of amides is 2. The molecule has 1 fully saturated rings. The van der Waals surface area contributed by atoms with Gasteiger partial charge in [-0.25, -0.2) is 4.79 Å². The number of rotatable bonds is 6. The first kappa shape index (κ1) is 19.7. The van der Waals surface area contributed by atoms with Gasteiger partial charge in [0.2, 0.25) is 0 Å². The fourth-order valence-electron chi connectivity index (χ4n) is 3.02. The number of β-amino-alcohol motifs (C(OH)–C–C–N with tert-alkyl or cyclic N) is 1. The third kappa shape index (κ3) is 6.30. The molecule has 0 bridgehead atoms. The lowest BCUT2D eigenvalue weighted by atomic mass is 10.1. The molecule has 6 nitrogen and oxygen atoms in total. The van der Waals surface area contributed by atoms with Gasteiger partial charge in [-0.2, -0.15) is 0 Å². The molecular formula is C19H32N4O2. The number of carbonyl (C=O) groups excluding carboxylic acids is 1. The van der Waals surface area contributed by atoms with Crippen LogP contribution in [0.15, 0.2) is 24.3 Å². The monoisotopic (exact) mass is 348 g/mol. The highest BCUT2D eigenvalue weighted by molar-refractivity contribution is 5.74. The standard InChI is InChI=1S/C19H32N4O2/c1-15-5-7-17(8-6-15)16(2)20-19(25)22(4)13-18(24)14-23-11-9-21(3)10-12-23/h5-8,16,18,24H,9-14H2,1-4H3,(H,20,25)/t16-,18+/m0/s1. The molecule has 0 spiro atoms. The number of benzene rings is 1. The number of hydrogen-bond donors (Lipinski definition) is 2. The molecule has 1 aliphatic rings. The smallest absolute Gasteiger partial charge is 0.317 e. The number of urea groups is 1. The fraction of sp³-hybridized carbons (Fsp3) is 0.632. The summed E-state index contributed by atoms with van der Waals surface area (Å²) < 4.78 is 0. The highest BCUT2D eigenvalue weighted by Crippen LogP contribution is 2.13. The van der Waals surface area contributed by atoms with Crippen LogP contribution >= 0.6 is 0 Å². The van der Waals surface area contributed by atoms with Crippen LogP contribution in [-0.2, 0) is 0 Å². The largest absolute Gasteiger partial charge is 0.390 e. The summed E-state index contributed by atoms with van der Waals surface area (Å²) in [7, 11) is 3.84. The van der Waals surface area contributed by atoms with Crippen molar-refractivity contribution in [2.75, 3.05) is 53.4 Å². The molecule has 0 unspecified atom stereocenters. The maximum absolute atomic E-state index is 12.3. The molecule has 140 valence electrons. The minimum atomic E-state index is -0.533. The van der Waals surface area contributed by atoms with E-state index in [4.69, 9.17) is 0 Å². The van der Waals surface area contributed by atoms with Crippen LogP contribution < -0.4 is 5.32 Å². The summed E-state index contributed by atoms with van der Waals surface area (Å²) in [5.41, 5.74) is 2.27. The van der Waals surface area contributed by atoms with Gasteiger partial charge in [-0.05, 0) is 26.5 Å². The van der Waals surface area contributed by atoms with Gasteiger partial charge in [-0.1, -0.05) is 29.8 Å². The summed E-state index contributed by atoms with van der Waals surface area (Å²) >= 11 is 0. The maximum Gasteiger partial charge on any atom is 0.317 e. The number of carbonyl (C=O) groups is 1. The number of nitrogens with one attached hydrogen (secondary N) is 1. The van der Waals surface area contributed by atoms with E-state index in [1.165, 1.54) is 5.56 Å². The zero-order valence-corrected chi connectivity index (χ0v) is 15.9. The number of piperazine rings is 1. The quantitative estimate of drug-likeness (QED) is 0.814. The SMILES string of the molecule is Cc1ccc([C@H](C)NC(=O)N(C)C[C@@H](O)CN2CCN(C)CC2)cc1. The highest BCUT2D eigenvalue weighted by atomic mass is 16.3. The molecule has 0 saturated carbocycles. The Balaban J connectivity index is 1.76. The summed E-state index contributed by atoms with van der Waals surface area (Å²) in [4.78, 5) is 18.5. The molecule has 2 N–H and O–H groups in total. The third-order valence-electron chi connectivity index (χ3n) is 4.81. The molecule has 1 saturated heterocycles. The molecule has 0 aromatic heterocycles. The Kier molecular flexibility index (Phi) is 7.23. The van der Waals surface area contributed by atoms with Crippen molar-refractivity contribution in [3.8, 4) is 0 Å². The average molecular weight is 348 g/mol. The average Bonchev–Trinajstić information content (AvgIpc) is 2.57. The van der Waals surface area contributed by atoms with Crippen LogP contribution in [0, 0.1) is 6.92 Å². The first-order valence-electron chi connectivity index (χ1n) is 9.02. The lowest BCUT2D eigenvalue weighted by Gasteiger charge is -2.34. The van der Waals surface area contributed by atoms with Gasteiger partial charge in [0.15, 0.2) is 0 Å². The van der Waals surface area contributed by atoms with E-state index in [1.807, 2.05) is 38.1 Å². The molecule has 1 aromatic rings. The van der Waals surface area contributed by atoms with Crippen molar-refractivity contribution in [2.45, 2.75) is 26.0 Å². The van der Waals surface area contributed by atoms with Crippen LogP contribution in [0.5, 0.6) is 0 Å². The minimum absolute atomic E-state index is 0.0645. The molecule has 2 rings (SSSR count). The molecule has 2 atom stereocenters. The second kappa shape index (κ2) is 9.17. The molecule has 25 heavy (non-hydrogen) atoms. The molecule has 1 heterocycles. The van der Waals surface area contributed by atoms with E-state index in [9.17, 15) is 9.90 Å². The highest BCUT2D eigenvalue weighted by Gasteiger charge is 2.20. The zero-order chi connectivity index (χ0) is 18.4. The van der Waals surface area contributed by atoms with Gasteiger partial charge in [-0.3, -0.25) is 4.90 Å². The molecule has 2 amide bonds. The van der Waals surface area contributed by atoms with Crippen LogP contribution in [0.2, 0.25) is 0 Å². The maximum atomic E-state index is 12.3. The molecule has 0 aliphatic carbocycles. The summed E-state index contributed by atoms with van der Waals surface area (Å²) in [6, 6.07) is 7.92. The predicted octanol–water partition coefficient (Wildman–Crippen LogP) is 1.31. The molecule has 1 aromatic carbocycles. The Morgan fingerprint density at radius 1 is 1.24 bits per heavy atom. The Morgan fingerprint density at radius 2 is 1.84 bits per heavy atom. The second-order valence-corrected chi connectivity index (χ2v) is 7.22. The van der Waals surface area contributed by atoms with Crippen LogP contribution in [-0.4, -0.2) is 85.3 Å². The van der Waals surface area contributed by atoms with Gasteiger partial charge in [0.1, 0.15) is 0 Å². The van der Waals surface area contributed by atoms with Crippen molar-refractivity contribution in [2.24, 2.45) is 0 Å². The topological polar surface area (TPSA) is 59.1 Å². The van der Waals surface area contributed by atoms with Crippen molar-refractivity contribution in [1.82, 2.24) is 20.0 Å². The van der Waals surface area contributed by atoms with Crippen LogP contribution in [0.4, 0.5) is 4.79 Å². The van der Waals surface area contributed by atoms with Crippen molar-refractivity contribution in [3.63, 3.8) is 0 Å². The van der Waals surface area contributed by atoms with Crippen LogP contribution in [0.25, 0.3) is 0 Å². The van der Waals surface area contributed by atoms with Crippen molar-refractivity contribution >= 4 is 6.03 Å². The minimum Gasteiger partial charge on any atom is -0.390 e. The molecule has 6 heteroatoms. The second-order valence-electron chi connectivity index (χ2n) is 7.22. The van der Waals surface area contributed by atoms with Crippen LogP contribution in [0.1, 0.15) is 24.1 Å². The summed E-state index contributed by atoms with van der Waals surface area (Å²) in [6.07, 6.45) is -0.533. The summed E-state index contributed by atoms with van der Waals surface area (Å²) in [5.74, 6) is 0. The summed E-state index contributed by atoms with van der Waals surface area (Å²) in [6.45, 7) is 8.94. The molecular weight excluding hydrogens is 316 g/mol. The normalized spacial score (nSPS) is 18.6. The Bertz CT molecular complexity index is 541. The molecule has 0 radical (unpaired) electrons. The van der Waals surface area contributed by atoms with Crippen molar-refractivity contribution in [1.29, 1.82) is 0 Å². The van der Waals surface area contributed by atoms with E-state index < -0.39 is 6.10 Å². The summed E-state index contributed by atoms with van der Waals surface area (Å²) in [5, 5.41) is 13.3. The van der Waals surface area contributed by atoms with Crippen molar-refractivity contribution in [3.05, 3.63) is 35.4 Å². The number of likely N-dealkylation sites (N-methyl/N-ethyl adjacent to an activating group) is 2. The van der Waals surface area contributed by atoms with E-state index in [1.54, 1.807) is 11.9 Å². The first-order chi connectivity index (χ1) is 11.8. The first-order valence-corrected chi connectivity index (χ1v) is 9.02. The van der Waals surface area contributed by atoms with E-state index in [2.05, 4.69) is 22.2 Å². The van der Waals surface area contributed by atoms with Gasteiger partial charge in [-0.15, -0.1) is 0 Å². The van der Waals surface area contributed by atoms with E-state index in [0.717, 1.165) is 31.7 Å². The zero-order valence-electron chi connectivity index (χ0n) is 15.9. The number of hydrogen-bond acceptors (Lipinski definition) is 4. The fourth-order valence-corrected chi connectivity index (χ4v) is 3.02. The van der Waals surface area contributed by atoms with Gasteiger partial charge < -0.3 is 20.2 Å².